The second-order valence-electron chi connectivity index (χ2n) is 8.87. The number of aromatic nitrogens is 1. The van der Waals surface area contributed by atoms with E-state index in [9.17, 15) is 9.59 Å². The molecule has 1 aliphatic heterocycles. The third-order valence-electron chi connectivity index (χ3n) is 6.31. The summed E-state index contributed by atoms with van der Waals surface area (Å²) in [6.07, 6.45) is 3.59. The molecule has 0 spiro atoms. The van der Waals surface area contributed by atoms with Gasteiger partial charge in [-0.05, 0) is 66.9 Å². The summed E-state index contributed by atoms with van der Waals surface area (Å²) < 4.78 is 16.9. The van der Waals surface area contributed by atoms with Crippen molar-refractivity contribution in [2.45, 2.75) is 32.9 Å². The number of ether oxygens (including phenoxy) is 3. The number of carbonyl (C=O) groups excluding carboxylic acids is 2. The molecule has 4 rings (SSSR count). The van der Waals surface area contributed by atoms with Gasteiger partial charge in [0.25, 0.3) is 0 Å². The fourth-order valence-electron chi connectivity index (χ4n) is 4.25. The molecule has 1 N–H and O–H groups in total. The molecule has 2 amide bonds. The third-order valence-corrected chi connectivity index (χ3v) is 6.31. The van der Waals surface area contributed by atoms with Crippen LogP contribution in [0.25, 0.3) is 0 Å². The van der Waals surface area contributed by atoms with Gasteiger partial charge in [-0.3, -0.25) is 14.6 Å². The molecule has 8 nitrogen and oxygen atoms in total. The molecule has 2 heterocycles. The first-order valence-corrected chi connectivity index (χ1v) is 11.8. The molecule has 8 heteroatoms. The fraction of sp³-hybridized carbons (Fsp3) is 0.321. The molecule has 0 saturated carbocycles. The normalized spacial score (nSPS) is 15.9. The lowest BCUT2D eigenvalue weighted by Crippen LogP contribution is -2.34. The van der Waals surface area contributed by atoms with E-state index in [1.807, 2.05) is 62.4 Å². The number of pyridine rings is 1. The minimum absolute atomic E-state index is 0.0935. The quantitative estimate of drug-likeness (QED) is 0.484. The predicted molar refractivity (Wildman–Crippen MR) is 136 cm³/mol. The first-order chi connectivity index (χ1) is 17.4. The standard InChI is InChI=1S/C28H31N3O5/c1-18-5-7-24(34-3)23(13-18)31-16-22(15-27(31)32)28(33)30-19(2)21-6-8-25(26(14-21)35-4)36-17-20-9-11-29-12-10-20/h5-14,19,22H,15-17H2,1-4H3,(H,30,33). The number of anilines is 1. The number of rotatable bonds is 9. The van der Waals surface area contributed by atoms with Crippen molar-refractivity contribution in [1.82, 2.24) is 10.3 Å². The highest BCUT2D eigenvalue weighted by Gasteiger charge is 2.36. The summed E-state index contributed by atoms with van der Waals surface area (Å²) in [7, 11) is 3.16. The lowest BCUT2D eigenvalue weighted by molar-refractivity contribution is -0.126. The average Bonchev–Trinajstić information content (AvgIpc) is 3.29. The first kappa shape index (κ1) is 25.0. The van der Waals surface area contributed by atoms with E-state index in [1.54, 1.807) is 31.5 Å². The molecule has 0 bridgehead atoms. The van der Waals surface area contributed by atoms with Crippen LogP contribution in [-0.2, 0) is 16.2 Å². The zero-order chi connectivity index (χ0) is 25.7. The largest absolute Gasteiger partial charge is 0.495 e. The van der Waals surface area contributed by atoms with Crippen molar-refractivity contribution in [3.05, 3.63) is 77.6 Å². The highest BCUT2D eigenvalue weighted by atomic mass is 16.5. The second kappa shape index (κ2) is 11.1. The molecular weight excluding hydrogens is 458 g/mol. The van der Waals surface area contributed by atoms with Gasteiger partial charge in [-0.2, -0.15) is 0 Å². The van der Waals surface area contributed by atoms with E-state index in [0.717, 1.165) is 16.7 Å². The smallest absolute Gasteiger partial charge is 0.227 e. The van der Waals surface area contributed by atoms with Crippen molar-refractivity contribution >= 4 is 17.5 Å². The van der Waals surface area contributed by atoms with Gasteiger partial charge in [0.15, 0.2) is 11.5 Å². The number of methoxy groups -OCH3 is 2. The number of amides is 2. The minimum atomic E-state index is -0.449. The van der Waals surface area contributed by atoms with Crippen LogP contribution >= 0.6 is 0 Å². The zero-order valence-electron chi connectivity index (χ0n) is 21.0. The maximum absolute atomic E-state index is 13.1. The van der Waals surface area contributed by atoms with Crippen LogP contribution in [0.5, 0.6) is 17.2 Å². The Labute approximate surface area is 211 Å². The van der Waals surface area contributed by atoms with Gasteiger partial charge in [-0.25, -0.2) is 0 Å². The molecule has 3 aromatic rings. The summed E-state index contributed by atoms with van der Waals surface area (Å²) >= 11 is 0. The fourth-order valence-corrected chi connectivity index (χ4v) is 4.25. The van der Waals surface area contributed by atoms with E-state index in [1.165, 1.54) is 0 Å². The third kappa shape index (κ3) is 5.59. The van der Waals surface area contributed by atoms with Crippen molar-refractivity contribution < 1.29 is 23.8 Å². The van der Waals surface area contributed by atoms with E-state index in [2.05, 4.69) is 10.3 Å². The molecule has 0 aliphatic carbocycles. The maximum atomic E-state index is 13.1. The van der Waals surface area contributed by atoms with Crippen molar-refractivity contribution in [3.63, 3.8) is 0 Å². The van der Waals surface area contributed by atoms with Crippen LogP contribution in [0.3, 0.4) is 0 Å². The first-order valence-electron chi connectivity index (χ1n) is 11.8. The van der Waals surface area contributed by atoms with Gasteiger partial charge < -0.3 is 24.4 Å². The van der Waals surface area contributed by atoms with E-state index >= 15 is 0 Å². The summed E-state index contributed by atoms with van der Waals surface area (Å²) in [6, 6.07) is 14.8. The Kier molecular flexibility index (Phi) is 7.73. The number of hydrogen-bond donors (Lipinski definition) is 1. The SMILES string of the molecule is COc1cc(C(C)NC(=O)C2CC(=O)N(c3cc(C)ccc3OC)C2)ccc1OCc1ccncc1. The van der Waals surface area contributed by atoms with Crippen LogP contribution in [0.15, 0.2) is 60.9 Å². The maximum Gasteiger partial charge on any atom is 0.227 e. The summed E-state index contributed by atoms with van der Waals surface area (Å²) in [4.78, 5) is 31.5. The Bertz CT molecular complexity index is 1230. The molecule has 36 heavy (non-hydrogen) atoms. The summed E-state index contributed by atoms with van der Waals surface area (Å²) in [5.41, 5.74) is 3.58. The topological polar surface area (TPSA) is 90.0 Å². The van der Waals surface area contributed by atoms with Gasteiger partial charge >= 0.3 is 0 Å². The van der Waals surface area contributed by atoms with Crippen LogP contribution in [-0.4, -0.2) is 37.6 Å². The van der Waals surface area contributed by atoms with Gasteiger partial charge in [0, 0.05) is 25.4 Å². The minimum Gasteiger partial charge on any atom is -0.495 e. The van der Waals surface area contributed by atoms with Crippen LogP contribution in [0.4, 0.5) is 5.69 Å². The number of benzene rings is 2. The van der Waals surface area contributed by atoms with Crippen molar-refractivity contribution in [3.8, 4) is 17.2 Å². The van der Waals surface area contributed by atoms with Crippen molar-refractivity contribution in [2.75, 3.05) is 25.7 Å². The average molecular weight is 490 g/mol. The second-order valence-corrected chi connectivity index (χ2v) is 8.87. The van der Waals surface area contributed by atoms with Gasteiger partial charge in [0.2, 0.25) is 11.8 Å². The molecule has 1 aliphatic rings. The van der Waals surface area contributed by atoms with Gasteiger partial charge in [0.1, 0.15) is 12.4 Å². The lowest BCUT2D eigenvalue weighted by Gasteiger charge is -2.21. The number of hydrogen-bond acceptors (Lipinski definition) is 6. The summed E-state index contributed by atoms with van der Waals surface area (Å²) in [5.74, 6) is 1.10. The van der Waals surface area contributed by atoms with Gasteiger partial charge in [-0.15, -0.1) is 0 Å². The molecule has 0 radical (unpaired) electrons. The van der Waals surface area contributed by atoms with E-state index < -0.39 is 5.92 Å². The van der Waals surface area contributed by atoms with Crippen LogP contribution in [0.1, 0.15) is 36.1 Å². The Morgan fingerprint density at radius 2 is 1.78 bits per heavy atom. The van der Waals surface area contributed by atoms with Crippen LogP contribution in [0.2, 0.25) is 0 Å². The molecule has 2 atom stereocenters. The van der Waals surface area contributed by atoms with Crippen LogP contribution < -0.4 is 24.4 Å². The number of aryl methyl sites for hydroxylation is 1. The molecule has 188 valence electrons. The van der Waals surface area contributed by atoms with Gasteiger partial charge in [0.05, 0.1) is 31.9 Å². The zero-order valence-corrected chi connectivity index (χ0v) is 21.0. The van der Waals surface area contributed by atoms with E-state index in [-0.39, 0.29) is 24.3 Å². The summed E-state index contributed by atoms with van der Waals surface area (Å²) in [5, 5.41) is 3.05. The molecule has 1 aromatic heterocycles. The van der Waals surface area contributed by atoms with Crippen molar-refractivity contribution in [1.29, 1.82) is 0 Å². The Morgan fingerprint density at radius 3 is 2.50 bits per heavy atom. The number of carbonyl (C=O) groups is 2. The number of nitrogens with one attached hydrogen (secondary N) is 1. The lowest BCUT2D eigenvalue weighted by atomic mass is 10.0. The van der Waals surface area contributed by atoms with Crippen molar-refractivity contribution in [2.24, 2.45) is 5.92 Å². The van der Waals surface area contributed by atoms with Crippen LogP contribution in [0, 0.1) is 12.8 Å². The summed E-state index contributed by atoms with van der Waals surface area (Å²) in [6.45, 7) is 4.56. The molecule has 2 aromatic carbocycles. The Hall–Kier alpha value is -4.07. The van der Waals surface area contributed by atoms with E-state index in [4.69, 9.17) is 14.2 Å². The molecule has 2 unspecified atom stereocenters. The van der Waals surface area contributed by atoms with Gasteiger partial charge in [-0.1, -0.05) is 12.1 Å². The molecule has 1 fully saturated rings. The predicted octanol–water partition coefficient (Wildman–Crippen LogP) is 4.22. The monoisotopic (exact) mass is 489 g/mol. The molecular formula is C28H31N3O5. The number of nitrogens with zero attached hydrogens (tertiary/aromatic N) is 2. The highest BCUT2D eigenvalue weighted by Crippen LogP contribution is 2.35. The highest BCUT2D eigenvalue weighted by molar-refractivity contribution is 6.01. The van der Waals surface area contributed by atoms with E-state index in [0.29, 0.717) is 36.1 Å². The Morgan fingerprint density at radius 1 is 1.06 bits per heavy atom. The molecule has 1 saturated heterocycles. The Balaban J connectivity index is 1.40.